The van der Waals surface area contributed by atoms with E-state index in [1.807, 2.05) is 0 Å². The van der Waals surface area contributed by atoms with Gasteiger partial charge in [0.05, 0.1) is 0 Å². The number of oxime groups is 1. The Hall–Kier alpha value is -1.30. The molecule has 0 radical (unpaired) electrons. The first-order chi connectivity index (χ1) is 10.2. The molecule has 0 aromatic rings. The van der Waals surface area contributed by atoms with E-state index in [1.165, 1.54) is 12.8 Å². The molecule has 118 valence electrons. The number of nitrogens with two attached hydrogens (primary N) is 1. The van der Waals surface area contributed by atoms with Crippen LogP contribution in [0.25, 0.3) is 0 Å². The molecule has 3 fully saturated rings. The van der Waals surface area contributed by atoms with Crippen molar-refractivity contribution in [2.24, 2.45) is 16.3 Å². The molecule has 3 rings (SSSR count). The molecule has 6 heteroatoms. The third-order valence-corrected chi connectivity index (χ3v) is 5.36. The number of nitrogens with zero attached hydrogens (tertiary/aromatic N) is 2. The smallest absolute Gasteiger partial charge is 0.234 e. The van der Waals surface area contributed by atoms with Crippen molar-refractivity contribution < 1.29 is 10.0 Å². The summed E-state index contributed by atoms with van der Waals surface area (Å²) >= 11 is 0. The highest BCUT2D eigenvalue weighted by molar-refractivity contribution is 6.06. The molecular formula is C15H26N4O2. The molecule has 0 aromatic heterocycles. The van der Waals surface area contributed by atoms with Gasteiger partial charge in [0.15, 0.2) is 5.84 Å². The monoisotopic (exact) mass is 294 g/mol. The summed E-state index contributed by atoms with van der Waals surface area (Å²) < 4.78 is 0. The molecule has 0 aromatic carbocycles. The Balaban J connectivity index is 1.64. The lowest BCUT2D eigenvalue weighted by Gasteiger charge is -2.35. The molecule has 1 saturated heterocycles. The predicted molar refractivity (Wildman–Crippen MR) is 80.1 cm³/mol. The van der Waals surface area contributed by atoms with Crippen molar-refractivity contribution in [2.75, 3.05) is 13.1 Å². The lowest BCUT2D eigenvalue weighted by atomic mass is 9.72. The molecule has 1 heterocycles. The van der Waals surface area contributed by atoms with Crippen molar-refractivity contribution in [3.63, 3.8) is 0 Å². The van der Waals surface area contributed by atoms with Crippen LogP contribution in [-0.2, 0) is 4.79 Å². The van der Waals surface area contributed by atoms with E-state index in [2.05, 4.69) is 15.4 Å². The molecular weight excluding hydrogens is 268 g/mol. The molecule has 21 heavy (non-hydrogen) atoms. The number of likely N-dealkylation sites (tertiary alicyclic amines) is 1. The summed E-state index contributed by atoms with van der Waals surface area (Å²) in [6.45, 7) is 2.02. The van der Waals surface area contributed by atoms with Crippen molar-refractivity contribution in [3.05, 3.63) is 0 Å². The minimum atomic E-state index is -0.792. The summed E-state index contributed by atoms with van der Waals surface area (Å²) in [6, 6.07) is 0.961. The number of amides is 1. The van der Waals surface area contributed by atoms with Gasteiger partial charge in [-0.15, -0.1) is 0 Å². The quantitative estimate of drug-likeness (QED) is 0.313. The maximum Gasteiger partial charge on any atom is 0.234 e. The van der Waals surface area contributed by atoms with Crippen LogP contribution >= 0.6 is 0 Å². The van der Waals surface area contributed by atoms with Gasteiger partial charge in [-0.05, 0) is 32.1 Å². The Labute approximate surface area is 125 Å². The Morgan fingerprint density at radius 3 is 2.57 bits per heavy atom. The highest BCUT2D eigenvalue weighted by Crippen LogP contribution is 2.37. The minimum absolute atomic E-state index is 0.0415. The van der Waals surface area contributed by atoms with Crippen molar-refractivity contribution in [2.45, 2.75) is 63.5 Å². The number of amidine groups is 1. The molecule has 1 aliphatic heterocycles. The Kier molecular flexibility index (Phi) is 4.06. The van der Waals surface area contributed by atoms with E-state index in [4.69, 9.17) is 10.9 Å². The van der Waals surface area contributed by atoms with Crippen LogP contribution in [0.15, 0.2) is 5.16 Å². The number of carbonyl (C=O) groups excluding carboxylic acids is 1. The first-order valence-corrected chi connectivity index (χ1v) is 8.19. The molecule has 2 aliphatic carbocycles. The fourth-order valence-corrected chi connectivity index (χ4v) is 3.85. The third-order valence-electron chi connectivity index (χ3n) is 5.36. The summed E-state index contributed by atoms with van der Waals surface area (Å²) in [5, 5.41) is 15.4. The van der Waals surface area contributed by atoms with Crippen LogP contribution in [0, 0.1) is 5.41 Å². The maximum absolute atomic E-state index is 12.8. The van der Waals surface area contributed by atoms with Crippen LogP contribution in [0.1, 0.15) is 51.4 Å². The number of rotatable bonds is 4. The Bertz CT molecular complexity index is 427. The average Bonchev–Trinajstić information content (AvgIpc) is 3.27. The Morgan fingerprint density at radius 2 is 1.95 bits per heavy atom. The first-order valence-electron chi connectivity index (χ1n) is 8.19. The lowest BCUT2D eigenvalue weighted by molar-refractivity contribution is -0.129. The molecule has 0 spiro atoms. The molecule has 1 unspecified atom stereocenters. The minimum Gasteiger partial charge on any atom is -0.409 e. The second-order valence-corrected chi connectivity index (χ2v) is 6.81. The molecule has 6 nitrogen and oxygen atoms in total. The standard InChI is InChI=1S/C15H26N4O2/c16-13(18-21)15(7-2-1-3-8-15)14(20)17-11-6-9-19(10-11)12-4-5-12/h11-12,21H,1-10H2,(H2,16,18)(H,17,20). The number of hydrogen-bond acceptors (Lipinski definition) is 4. The van der Waals surface area contributed by atoms with Crippen molar-refractivity contribution >= 4 is 11.7 Å². The fraction of sp³-hybridized carbons (Fsp3) is 0.867. The molecule has 4 N–H and O–H groups in total. The van der Waals surface area contributed by atoms with Crippen molar-refractivity contribution in [1.29, 1.82) is 0 Å². The normalized spacial score (nSPS) is 30.3. The zero-order chi connectivity index (χ0) is 14.9. The van der Waals surface area contributed by atoms with Gasteiger partial charge in [-0.25, -0.2) is 0 Å². The summed E-state index contributed by atoms with van der Waals surface area (Å²) in [7, 11) is 0. The van der Waals surface area contributed by atoms with E-state index in [1.54, 1.807) is 0 Å². The topological polar surface area (TPSA) is 91.0 Å². The van der Waals surface area contributed by atoms with Crippen molar-refractivity contribution in [3.8, 4) is 0 Å². The zero-order valence-corrected chi connectivity index (χ0v) is 12.6. The van der Waals surface area contributed by atoms with E-state index >= 15 is 0 Å². The first kappa shape index (κ1) is 14.6. The van der Waals surface area contributed by atoms with Gasteiger partial charge >= 0.3 is 0 Å². The van der Waals surface area contributed by atoms with Gasteiger partial charge < -0.3 is 16.3 Å². The SMILES string of the molecule is NC(=NO)C1(C(=O)NC2CCN(C3CC3)C2)CCCCC1. The van der Waals surface area contributed by atoms with Crippen LogP contribution in [0.4, 0.5) is 0 Å². The van der Waals surface area contributed by atoms with E-state index in [0.717, 1.165) is 44.8 Å². The van der Waals surface area contributed by atoms with Gasteiger partial charge in [0.1, 0.15) is 5.41 Å². The highest BCUT2D eigenvalue weighted by Gasteiger charge is 2.45. The summed E-state index contributed by atoms with van der Waals surface area (Å²) in [5.41, 5.74) is 5.08. The lowest BCUT2D eigenvalue weighted by Crippen LogP contribution is -2.53. The maximum atomic E-state index is 12.8. The molecule has 1 amide bonds. The predicted octanol–water partition coefficient (Wildman–Crippen LogP) is 1.04. The molecule has 3 aliphatic rings. The summed E-state index contributed by atoms with van der Waals surface area (Å²) in [4.78, 5) is 15.2. The highest BCUT2D eigenvalue weighted by atomic mass is 16.4. The van der Waals surface area contributed by atoms with Gasteiger partial charge in [-0.3, -0.25) is 9.69 Å². The average molecular weight is 294 g/mol. The largest absolute Gasteiger partial charge is 0.409 e. The fourth-order valence-electron chi connectivity index (χ4n) is 3.85. The molecule has 1 atom stereocenters. The summed E-state index contributed by atoms with van der Waals surface area (Å²) in [6.07, 6.45) is 8.02. The zero-order valence-electron chi connectivity index (χ0n) is 12.6. The Morgan fingerprint density at radius 1 is 1.24 bits per heavy atom. The van der Waals surface area contributed by atoms with Crippen LogP contribution in [0.2, 0.25) is 0 Å². The van der Waals surface area contributed by atoms with Gasteiger partial charge in [-0.2, -0.15) is 0 Å². The number of hydrogen-bond donors (Lipinski definition) is 3. The molecule has 2 saturated carbocycles. The second kappa shape index (κ2) is 5.83. The van der Waals surface area contributed by atoms with Gasteiger partial charge in [0, 0.05) is 25.2 Å². The second-order valence-electron chi connectivity index (χ2n) is 6.81. The van der Waals surface area contributed by atoms with E-state index in [0.29, 0.717) is 12.8 Å². The van der Waals surface area contributed by atoms with E-state index < -0.39 is 5.41 Å². The van der Waals surface area contributed by atoms with Crippen LogP contribution in [-0.4, -0.2) is 47.0 Å². The van der Waals surface area contributed by atoms with Crippen LogP contribution in [0.3, 0.4) is 0 Å². The van der Waals surface area contributed by atoms with Gasteiger partial charge in [-0.1, -0.05) is 24.4 Å². The number of nitrogens with one attached hydrogen (secondary N) is 1. The number of carbonyl (C=O) groups is 1. The van der Waals surface area contributed by atoms with Gasteiger partial charge in [0.25, 0.3) is 0 Å². The third kappa shape index (κ3) is 2.86. The van der Waals surface area contributed by atoms with E-state index in [-0.39, 0.29) is 17.8 Å². The van der Waals surface area contributed by atoms with Crippen LogP contribution in [0.5, 0.6) is 0 Å². The van der Waals surface area contributed by atoms with Crippen molar-refractivity contribution in [1.82, 2.24) is 10.2 Å². The van der Waals surface area contributed by atoms with Crippen LogP contribution < -0.4 is 11.1 Å². The molecule has 0 bridgehead atoms. The van der Waals surface area contributed by atoms with Gasteiger partial charge in [0.2, 0.25) is 5.91 Å². The summed E-state index contributed by atoms with van der Waals surface area (Å²) in [5.74, 6) is 0.0388. The van der Waals surface area contributed by atoms with E-state index in [9.17, 15) is 4.79 Å².